The van der Waals surface area contributed by atoms with Gasteiger partial charge < -0.3 is 10.2 Å². The third kappa shape index (κ3) is 3.23. The normalized spacial score (nSPS) is 10.1. The largest absolute Gasteiger partial charge is 0.342 e. The molecule has 0 aliphatic rings. The molecular weight excluding hydrogens is 256 g/mol. The number of carbonyl (C=O) groups is 2. The number of aromatic amines is 1. The summed E-state index contributed by atoms with van der Waals surface area (Å²) in [6.07, 6.45) is 2.99. The molecule has 6 heteroatoms. The van der Waals surface area contributed by atoms with Crippen molar-refractivity contribution < 1.29 is 9.59 Å². The van der Waals surface area contributed by atoms with Crippen LogP contribution in [0, 0.1) is 0 Å². The molecule has 6 nitrogen and oxygen atoms in total. The maximum Gasteiger partial charge on any atom is 0.258 e. The molecule has 2 N–H and O–H groups in total. The van der Waals surface area contributed by atoms with Crippen molar-refractivity contribution in [3.05, 3.63) is 47.8 Å². The van der Waals surface area contributed by atoms with Crippen molar-refractivity contribution in [1.82, 2.24) is 15.1 Å². The molecule has 0 aliphatic carbocycles. The molecule has 0 saturated carbocycles. The van der Waals surface area contributed by atoms with E-state index in [1.165, 1.54) is 19.3 Å². The van der Waals surface area contributed by atoms with Gasteiger partial charge in [-0.3, -0.25) is 14.7 Å². The smallest absolute Gasteiger partial charge is 0.258 e. The quantitative estimate of drug-likeness (QED) is 0.888. The van der Waals surface area contributed by atoms with Crippen molar-refractivity contribution in [2.45, 2.75) is 13.5 Å². The highest BCUT2D eigenvalue weighted by Gasteiger charge is 2.11. The first-order chi connectivity index (χ1) is 9.58. The van der Waals surface area contributed by atoms with Crippen LogP contribution in [0.15, 0.2) is 36.7 Å². The van der Waals surface area contributed by atoms with Crippen molar-refractivity contribution in [3.8, 4) is 0 Å². The highest BCUT2D eigenvalue weighted by molar-refractivity contribution is 6.04. The van der Waals surface area contributed by atoms with E-state index in [9.17, 15) is 9.59 Å². The lowest BCUT2D eigenvalue weighted by Gasteiger charge is -2.17. The van der Waals surface area contributed by atoms with Crippen LogP contribution in [0.25, 0.3) is 0 Å². The zero-order valence-electron chi connectivity index (χ0n) is 11.4. The second kappa shape index (κ2) is 6.01. The molecule has 2 amide bonds. The summed E-state index contributed by atoms with van der Waals surface area (Å²) in [5.41, 5.74) is 2.02. The minimum absolute atomic E-state index is 0.0269. The molecule has 2 aromatic rings. The zero-order valence-corrected chi connectivity index (χ0v) is 11.4. The Morgan fingerprint density at radius 1 is 1.35 bits per heavy atom. The highest BCUT2D eigenvalue weighted by Crippen LogP contribution is 2.17. The maximum atomic E-state index is 12.0. The number of benzene rings is 1. The molecule has 0 bridgehead atoms. The molecule has 0 aliphatic heterocycles. The number of H-pyrrole nitrogens is 1. The minimum atomic E-state index is -0.239. The Kier molecular flexibility index (Phi) is 4.14. The van der Waals surface area contributed by atoms with E-state index in [0.717, 1.165) is 5.56 Å². The van der Waals surface area contributed by atoms with Gasteiger partial charge in [0.2, 0.25) is 5.91 Å². The number of rotatable bonds is 4. The summed E-state index contributed by atoms with van der Waals surface area (Å²) in [5.74, 6) is -0.266. The van der Waals surface area contributed by atoms with Gasteiger partial charge in [0.15, 0.2) is 0 Å². The van der Waals surface area contributed by atoms with E-state index in [1.54, 1.807) is 18.0 Å². The van der Waals surface area contributed by atoms with Gasteiger partial charge in [0.05, 0.1) is 11.8 Å². The topological polar surface area (TPSA) is 78.1 Å². The fourth-order valence-electron chi connectivity index (χ4n) is 1.72. The number of hydrogen-bond acceptors (Lipinski definition) is 3. The molecule has 1 heterocycles. The highest BCUT2D eigenvalue weighted by atomic mass is 16.2. The third-order valence-corrected chi connectivity index (χ3v) is 2.97. The van der Waals surface area contributed by atoms with E-state index in [2.05, 4.69) is 15.5 Å². The lowest BCUT2D eigenvalue weighted by molar-refractivity contribution is -0.128. The Morgan fingerprint density at radius 3 is 2.75 bits per heavy atom. The summed E-state index contributed by atoms with van der Waals surface area (Å²) >= 11 is 0. The number of para-hydroxylation sites is 1. The Morgan fingerprint density at radius 2 is 2.10 bits per heavy atom. The van der Waals surface area contributed by atoms with Gasteiger partial charge in [-0.2, -0.15) is 5.10 Å². The van der Waals surface area contributed by atoms with Crippen LogP contribution >= 0.6 is 0 Å². The van der Waals surface area contributed by atoms with E-state index >= 15 is 0 Å². The number of hydrogen-bond donors (Lipinski definition) is 2. The lowest BCUT2D eigenvalue weighted by atomic mass is 10.1. The fourth-order valence-corrected chi connectivity index (χ4v) is 1.72. The molecular formula is C14H16N4O2. The molecule has 1 aromatic carbocycles. The number of nitrogens with one attached hydrogen (secondary N) is 2. The Hall–Kier alpha value is -2.63. The summed E-state index contributed by atoms with van der Waals surface area (Å²) in [6, 6.07) is 7.39. The lowest BCUT2D eigenvalue weighted by Crippen LogP contribution is -2.24. The molecule has 0 atom stereocenters. The van der Waals surface area contributed by atoms with Crippen molar-refractivity contribution in [2.75, 3.05) is 12.4 Å². The van der Waals surface area contributed by atoms with Crippen LogP contribution in [0.4, 0.5) is 5.69 Å². The molecule has 20 heavy (non-hydrogen) atoms. The van der Waals surface area contributed by atoms with Gasteiger partial charge in [0.1, 0.15) is 0 Å². The number of amides is 2. The van der Waals surface area contributed by atoms with Crippen molar-refractivity contribution in [1.29, 1.82) is 0 Å². The monoisotopic (exact) mass is 272 g/mol. The number of anilines is 1. The first-order valence-electron chi connectivity index (χ1n) is 6.17. The van der Waals surface area contributed by atoms with E-state index in [1.807, 2.05) is 18.2 Å². The van der Waals surface area contributed by atoms with Gasteiger partial charge in [-0.1, -0.05) is 18.2 Å². The molecule has 0 fully saturated rings. The van der Waals surface area contributed by atoms with E-state index in [4.69, 9.17) is 0 Å². The third-order valence-electron chi connectivity index (χ3n) is 2.97. The average molecular weight is 272 g/mol. The second-order valence-corrected chi connectivity index (χ2v) is 4.47. The van der Waals surface area contributed by atoms with Crippen molar-refractivity contribution >= 4 is 17.5 Å². The Bertz CT molecular complexity index is 607. The molecule has 2 rings (SSSR count). The number of carbonyl (C=O) groups excluding carboxylic acids is 2. The van der Waals surface area contributed by atoms with Crippen LogP contribution in [0.2, 0.25) is 0 Å². The van der Waals surface area contributed by atoms with Gasteiger partial charge in [-0.05, 0) is 11.6 Å². The summed E-state index contributed by atoms with van der Waals surface area (Å²) in [4.78, 5) is 24.9. The Balaban J connectivity index is 2.16. The molecule has 0 radical (unpaired) electrons. The second-order valence-electron chi connectivity index (χ2n) is 4.47. The van der Waals surface area contributed by atoms with Crippen LogP contribution in [0.5, 0.6) is 0 Å². The van der Waals surface area contributed by atoms with Crippen LogP contribution in [-0.2, 0) is 11.3 Å². The first-order valence-corrected chi connectivity index (χ1v) is 6.17. The molecule has 104 valence electrons. The standard InChI is InChI=1S/C14H16N4O2/c1-10(19)18(2)9-11-5-3-4-6-13(11)17-14(20)12-7-15-16-8-12/h3-8H,9H2,1-2H3,(H,15,16)(H,17,20). The van der Waals surface area contributed by atoms with Crippen LogP contribution in [0.3, 0.4) is 0 Å². The number of nitrogens with zero attached hydrogens (tertiary/aromatic N) is 2. The molecule has 0 unspecified atom stereocenters. The van der Waals surface area contributed by atoms with Gasteiger partial charge in [0, 0.05) is 32.4 Å². The summed E-state index contributed by atoms with van der Waals surface area (Å²) < 4.78 is 0. The van der Waals surface area contributed by atoms with Gasteiger partial charge in [-0.15, -0.1) is 0 Å². The van der Waals surface area contributed by atoms with E-state index in [0.29, 0.717) is 17.8 Å². The van der Waals surface area contributed by atoms with Gasteiger partial charge in [0.25, 0.3) is 5.91 Å². The minimum Gasteiger partial charge on any atom is -0.342 e. The SMILES string of the molecule is CC(=O)N(C)Cc1ccccc1NC(=O)c1cn[nH]c1. The summed E-state index contributed by atoms with van der Waals surface area (Å²) in [6.45, 7) is 1.95. The zero-order chi connectivity index (χ0) is 14.5. The summed E-state index contributed by atoms with van der Waals surface area (Å²) in [7, 11) is 1.72. The van der Waals surface area contributed by atoms with Crippen LogP contribution in [0.1, 0.15) is 22.8 Å². The fraction of sp³-hybridized carbons (Fsp3) is 0.214. The van der Waals surface area contributed by atoms with Gasteiger partial charge >= 0.3 is 0 Å². The van der Waals surface area contributed by atoms with E-state index in [-0.39, 0.29) is 11.8 Å². The summed E-state index contributed by atoms with van der Waals surface area (Å²) in [5, 5.41) is 9.15. The predicted molar refractivity (Wildman–Crippen MR) is 75.1 cm³/mol. The Labute approximate surface area is 116 Å². The van der Waals surface area contributed by atoms with E-state index < -0.39 is 0 Å². The van der Waals surface area contributed by atoms with Gasteiger partial charge in [-0.25, -0.2) is 0 Å². The van der Waals surface area contributed by atoms with Crippen molar-refractivity contribution in [2.24, 2.45) is 0 Å². The average Bonchev–Trinajstić information content (AvgIpc) is 2.94. The first kappa shape index (κ1) is 13.8. The molecule has 0 saturated heterocycles. The maximum absolute atomic E-state index is 12.0. The molecule has 0 spiro atoms. The predicted octanol–water partition coefficient (Wildman–Crippen LogP) is 1.64. The van der Waals surface area contributed by atoms with Crippen molar-refractivity contribution in [3.63, 3.8) is 0 Å². The number of aromatic nitrogens is 2. The van der Waals surface area contributed by atoms with Crippen LogP contribution < -0.4 is 5.32 Å². The molecule has 1 aromatic heterocycles. The van der Waals surface area contributed by atoms with Crippen LogP contribution in [-0.4, -0.2) is 34.0 Å².